The second-order valence-electron chi connectivity index (χ2n) is 6.52. The second-order valence-corrected chi connectivity index (χ2v) is 7.48. The number of aromatic nitrogens is 2. The van der Waals surface area contributed by atoms with Gasteiger partial charge in [0.15, 0.2) is 5.16 Å². The van der Waals surface area contributed by atoms with E-state index in [2.05, 4.69) is 15.3 Å². The van der Waals surface area contributed by atoms with Crippen molar-refractivity contribution in [3.63, 3.8) is 0 Å². The molecule has 9 heteroatoms. The van der Waals surface area contributed by atoms with E-state index in [0.29, 0.717) is 23.1 Å². The number of benzene rings is 2. The number of rotatable bonds is 9. The average Bonchev–Trinajstić information content (AvgIpc) is 2.73. The number of hydrogen-bond acceptors (Lipinski definition) is 6. The number of thioether (sulfide) groups is 1. The zero-order chi connectivity index (χ0) is 21.3. The van der Waals surface area contributed by atoms with Crippen LogP contribution in [-0.4, -0.2) is 27.3 Å². The molecule has 0 saturated heterocycles. The molecule has 3 aromatic rings. The summed E-state index contributed by atoms with van der Waals surface area (Å²) in [6.45, 7) is 0.508. The number of carbonyl (C=O) groups is 1. The summed E-state index contributed by atoms with van der Waals surface area (Å²) in [5, 5.41) is 13.9. The third-order valence-corrected chi connectivity index (χ3v) is 5.16. The number of nitro groups is 1. The van der Waals surface area contributed by atoms with Crippen LogP contribution in [0.1, 0.15) is 16.8 Å². The first kappa shape index (κ1) is 21.3. The van der Waals surface area contributed by atoms with Crippen molar-refractivity contribution in [3.05, 3.63) is 98.0 Å². The number of nitro benzene ring substituents is 1. The van der Waals surface area contributed by atoms with Crippen molar-refractivity contribution in [2.75, 3.05) is 6.54 Å². The largest absolute Gasteiger partial charge is 0.355 e. The lowest BCUT2D eigenvalue weighted by Gasteiger charge is -2.06. The van der Waals surface area contributed by atoms with Gasteiger partial charge in [-0.05, 0) is 17.5 Å². The molecule has 0 atom stereocenters. The third-order valence-electron chi connectivity index (χ3n) is 4.22. The Morgan fingerprint density at radius 1 is 1.10 bits per heavy atom. The molecule has 0 bridgehead atoms. The van der Waals surface area contributed by atoms with Crippen LogP contribution in [-0.2, 0) is 23.4 Å². The van der Waals surface area contributed by atoms with E-state index in [-0.39, 0.29) is 23.6 Å². The van der Waals surface area contributed by atoms with Gasteiger partial charge in [-0.15, -0.1) is 0 Å². The summed E-state index contributed by atoms with van der Waals surface area (Å²) >= 11 is 1.29. The van der Waals surface area contributed by atoms with Crippen molar-refractivity contribution >= 4 is 23.4 Å². The summed E-state index contributed by atoms with van der Waals surface area (Å²) in [5.41, 5.74) is 2.08. The maximum Gasteiger partial charge on any atom is 0.269 e. The highest BCUT2D eigenvalue weighted by Crippen LogP contribution is 2.20. The fourth-order valence-electron chi connectivity index (χ4n) is 2.73. The lowest BCUT2D eigenvalue weighted by atomic mass is 10.1. The summed E-state index contributed by atoms with van der Waals surface area (Å²) in [4.78, 5) is 41.3. The fraction of sp³-hybridized carbons (Fsp3) is 0.190. The smallest absolute Gasteiger partial charge is 0.269 e. The molecular weight excluding hydrogens is 404 g/mol. The predicted octanol–water partition coefficient (Wildman–Crippen LogP) is 2.87. The number of H-pyrrole nitrogens is 1. The number of hydrogen-bond donors (Lipinski definition) is 2. The lowest BCUT2D eigenvalue weighted by molar-refractivity contribution is -0.384. The molecule has 1 heterocycles. The number of amides is 1. The minimum absolute atomic E-state index is 0.0177. The van der Waals surface area contributed by atoms with Crippen LogP contribution in [0.25, 0.3) is 0 Å². The van der Waals surface area contributed by atoms with E-state index in [1.807, 2.05) is 30.3 Å². The van der Waals surface area contributed by atoms with E-state index >= 15 is 0 Å². The molecule has 2 aromatic carbocycles. The van der Waals surface area contributed by atoms with Crippen LogP contribution in [0.5, 0.6) is 0 Å². The van der Waals surface area contributed by atoms with Gasteiger partial charge in [0.05, 0.1) is 17.0 Å². The molecule has 0 radical (unpaired) electrons. The van der Waals surface area contributed by atoms with Gasteiger partial charge in [-0.3, -0.25) is 19.7 Å². The van der Waals surface area contributed by atoms with Gasteiger partial charge in [0, 0.05) is 30.5 Å². The van der Waals surface area contributed by atoms with Gasteiger partial charge in [-0.1, -0.05) is 54.2 Å². The maximum absolute atomic E-state index is 12.2. The Balaban J connectivity index is 1.53. The van der Waals surface area contributed by atoms with Crippen LogP contribution in [0, 0.1) is 10.1 Å². The molecule has 30 heavy (non-hydrogen) atoms. The Kier molecular flexibility index (Phi) is 7.34. The number of nitrogens with one attached hydrogen (secondary N) is 2. The number of carbonyl (C=O) groups excluding carboxylic acids is 1. The Labute approximate surface area is 176 Å². The first-order valence-electron chi connectivity index (χ1n) is 9.26. The van der Waals surface area contributed by atoms with Gasteiger partial charge >= 0.3 is 0 Å². The van der Waals surface area contributed by atoms with Crippen LogP contribution in [0.3, 0.4) is 0 Å². The van der Waals surface area contributed by atoms with Gasteiger partial charge in [-0.2, -0.15) is 0 Å². The predicted molar refractivity (Wildman–Crippen MR) is 114 cm³/mol. The molecule has 8 nitrogen and oxygen atoms in total. The molecule has 154 valence electrons. The average molecular weight is 424 g/mol. The molecule has 3 rings (SSSR count). The van der Waals surface area contributed by atoms with E-state index in [1.54, 1.807) is 12.1 Å². The fourth-order valence-corrected chi connectivity index (χ4v) is 3.58. The summed E-state index contributed by atoms with van der Waals surface area (Å²) in [6, 6.07) is 17.3. The molecule has 1 amide bonds. The van der Waals surface area contributed by atoms with E-state index < -0.39 is 4.92 Å². The summed E-state index contributed by atoms with van der Waals surface area (Å²) in [5.74, 6) is 0.281. The van der Waals surface area contributed by atoms with E-state index in [4.69, 9.17) is 0 Å². The van der Waals surface area contributed by atoms with Gasteiger partial charge in [-0.25, -0.2) is 4.98 Å². The zero-order valence-electron chi connectivity index (χ0n) is 16.0. The molecule has 0 aliphatic heterocycles. The quantitative estimate of drug-likeness (QED) is 0.236. The minimum atomic E-state index is -0.454. The van der Waals surface area contributed by atoms with Crippen molar-refractivity contribution < 1.29 is 9.72 Å². The normalized spacial score (nSPS) is 10.5. The Bertz CT molecular complexity index is 1070. The highest BCUT2D eigenvalue weighted by atomic mass is 32.2. The standard InChI is InChI=1S/C21H20N4O4S/c26-19(22-11-10-15-4-2-1-3-5-15)12-17-13-20(27)24-21(23-17)30-14-16-6-8-18(9-7-16)25(28)29/h1-9,13H,10-12,14H2,(H,22,26)(H,23,24,27). The third kappa shape index (κ3) is 6.56. The first-order valence-corrected chi connectivity index (χ1v) is 10.2. The molecule has 0 aliphatic rings. The van der Waals surface area contributed by atoms with Gasteiger partial charge in [0.2, 0.25) is 5.91 Å². The lowest BCUT2D eigenvalue weighted by Crippen LogP contribution is -2.28. The molecule has 0 unspecified atom stereocenters. The first-order chi connectivity index (χ1) is 14.5. The highest BCUT2D eigenvalue weighted by molar-refractivity contribution is 7.98. The Morgan fingerprint density at radius 3 is 2.53 bits per heavy atom. The Hall–Kier alpha value is -3.46. The monoisotopic (exact) mass is 424 g/mol. The molecular formula is C21H20N4O4S. The van der Waals surface area contributed by atoms with Crippen LogP contribution in [0.15, 0.2) is 70.6 Å². The van der Waals surface area contributed by atoms with Crippen LogP contribution in [0.4, 0.5) is 5.69 Å². The van der Waals surface area contributed by atoms with Crippen LogP contribution in [0.2, 0.25) is 0 Å². The summed E-state index contributed by atoms with van der Waals surface area (Å²) in [7, 11) is 0. The van der Waals surface area contributed by atoms with Gasteiger partial charge in [0.25, 0.3) is 11.2 Å². The maximum atomic E-state index is 12.2. The SMILES string of the molecule is O=C(Cc1cc(=O)[nH]c(SCc2ccc([N+](=O)[O-])cc2)n1)NCCc1ccccc1. The van der Waals surface area contributed by atoms with E-state index in [0.717, 1.165) is 17.5 Å². The molecule has 0 spiro atoms. The minimum Gasteiger partial charge on any atom is -0.355 e. The second kappa shape index (κ2) is 10.4. The van der Waals surface area contributed by atoms with Crippen LogP contribution < -0.4 is 10.9 Å². The van der Waals surface area contributed by atoms with Gasteiger partial charge in [0.1, 0.15) is 0 Å². The topological polar surface area (TPSA) is 118 Å². The number of aromatic amines is 1. The zero-order valence-corrected chi connectivity index (χ0v) is 16.9. The van der Waals surface area contributed by atoms with Crippen molar-refractivity contribution in [1.82, 2.24) is 15.3 Å². The van der Waals surface area contributed by atoms with Crippen molar-refractivity contribution in [2.45, 2.75) is 23.8 Å². The van der Waals surface area contributed by atoms with E-state index in [1.165, 1.54) is 30.0 Å². The summed E-state index contributed by atoms with van der Waals surface area (Å²) < 4.78 is 0. The molecule has 0 aliphatic carbocycles. The number of non-ortho nitro benzene ring substituents is 1. The van der Waals surface area contributed by atoms with Crippen molar-refractivity contribution in [1.29, 1.82) is 0 Å². The van der Waals surface area contributed by atoms with E-state index in [9.17, 15) is 19.7 Å². The molecule has 2 N–H and O–H groups in total. The highest BCUT2D eigenvalue weighted by Gasteiger charge is 2.09. The number of nitrogens with zero attached hydrogens (tertiary/aromatic N) is 2. The van der Waals surface area contributed by atoms with Crippen molar-refractivity contribution in [2.24, 2.45) is 0 Å². The molecule has 0 fully saturated rings. The van der Waals surface area contributed by atoms with Gasteiger partial charge < -0.3 is 10.3 Å². The molecule has 0 saturated carbocycles. The van der Waals surface area contributed by atoms with Crippen molar-refractivity contribution in [3.8, 4) is 0 Å². The molecule has 1 aromatic heterocycles. The van der Waals surface area contributed by atoms with Crippen LogP contribution >= 0.6 is 11.8 Å². The summed E-state index contributed by atoms with van der Waals surface area (Å²) in [6.07, 6.45) is 0.746. The Morgan fingerprint density at radius 2 is 1.83 bits per heavy atom.